The lowest BCUT2D eigenvalue weighted by molar-refractivity contribution is 0.102. The van der Waals surface area contributed by atoms with Gasteiger partial charge in [-0.05, 0) is 47.5 Å². The van der Waals surface area contributed by atoms with E-state index < -0.39 is 0 Å². The van der Waals surface area contributed by atoms with Crippen molar-refractivity contribution in [1.82, 2.24) is 4.98 Å². The van der Waals surface area contributed by atoms with Gasteiger partial charge in [-0.25, -0.2) is 4.98 Å². The van der Waals surface area contributed by atoms with Gasteiger partial charge < -0.3 is 5.32 Å². The Bertz CT molecular complexity index is 859. The number of hydrogen-bond donors (Lipinski definition) is 1. The number of hydrogen-bond acceptors (Lipinski definition) is 3. The van der Waals surface area contributed by atoms with Gasteiger partial charge in [-0.15, -0.1) is 11.3 Å². The lowest BCUT2D eigenvalue weighted by Gasteiger charge is -2.07. The quantitative estimate of drug-likeness (QED) is 0.650. The van der Waals surface area contributed by atoms with E-state index >= 15 is 0 Å². The molecule has 3 nitrogen and oxygen atoms in total. The number of nitrogens with zero attached hydrogens (tertiary/aromatic N) is 1. The molecule has 0 unspecified atom stereocenters. The lowest BCUT2D eigenvalue weighted by atomic mass is 10.2. The summed E-state index contributed by atoms with van der Waals surface area (Å²) in [5.41, 5.74) is 3.66. The van der Waals surface area contributed by atoms with Crippen molar-refractivity contribution in [2.75, 3.05) is 5.32 Å². The first-order valence-corrected chi connectivity index (χ1v) is 8.76. The number of aromatic nitrogens is 1. The van der Waals surface area contributed by atoms with E-state index in [-0.39, 0.29) is 5.91 Å². The molecular weight excluding hydrogens is 372 g/mol. The van der Waals surface area contributed by atoms with Gasteiger partial charge in [-0.2, -0.15) is 0 Å². The second-order valence-electron chi connectivity index (χ2n) is 5.24. The SMILES string of the molecule is Cc1ccc(NC(=O)c2sc(-c3ccccc3)nc2C)c(Br)c1. The zero-order valence-electron chi connectivity index (χ0n) is 12.8. The number of thiazole rings is 1. The predicted octanol–water partition coefficient (Wildman–Crippen LogP) is 5.44. The molecule has 0 spiro atoms. The Morgan fingerprint density at radius 2 is 1.87 bits per heavy atom. The summed E-state index contributed by atoms with van der Waals surface area (Å²) in [5.74, 6) is -0.133. The Balaban J connectivity index is 1.87. The summed E-state index contributed by atoms with van der Waals surface area (Å²) in [6.07, 6.45) is 0. The van der Waals surface area contributed by atoms with Gasteiger partial charge in [-0.1, -0.05) is 36.4 Å². The van der Waals surface area contributed by atoms with Gasteiger partial charge in [-0.3, -0.25) is 4.79 Å². The number of aryl methyl sites for hydroxylation is 2. The zero-order valence-corrected chi connectivity index (χ0v) is 15.2. The highest BCUT2D eigenvalue weighted by Gasteiger charge is 2.17. The summed E-state index contributed by atoms with van der Waals surface area (Å²) < 4.78 is 0.872. The fraction of sp³-hybridized carbons (Fsp3) is 0.111. The number of nitrogens with one attached hydrogen (secondary N) is 1. The first-order chi connectivity index (χ1) is 11.0. The first-order valence-electron chi connectivity index (χ1n) is 7.15. The maximum absolute atomic E-state index is 12.6. The number of anilines is 1. The Morgan fingerprint density at radius 1 is 1.13 bits per heavy atom. The van der Waals surface area contributed by atoms with E-state index in [9.17, 15) is 4.79 Å². The molecule has 0 radical (unpaired) electrons. The number of rotatable bonds is 3. The van der Waals surface area contributed by atoms with Gasteiger partial charge in [0.05, 0.1) is 11.4 Å². The third-order valence-corrected chi connectivity index (χ3v) is 5.26. The van der Waals surface area contributed by atoms with Crippen LogP contribution in [0.2, 0.25) is 0 Å². The van der Waals surface area contributed by atoms with Gasteiger partial charge in [0, 0.05) is 10.0 Å². The highest BCUT2D eigenvalue weighted by molar-refractivity contribution is 9.10. The van der Waals surface area contributed by atoms with Crippen molar-refractivity contribution in [3.05, 3.63) is 69.1 Å². The van der Waals surface area contributed by atoms with E-state index in [4.69, 9.17) is 0 Å². The number of halogens is 1. The fourth-order valence-corrected chi connectivity index (χ4v) is 3.77. The number of amides is 1. The van der Waals surface area contributed by atoms with Crippen molar-refractivity contribution >= 4 is 38.9 Å². The molecule has 1 heterocycles. The van der Waals surface area contributed by atoms with Crippen LogP contribution in [-0.4, -0.2) is 10.9 Å². The van der Waals surface area contributed by atoms with Crippen molar-refractivity contribution in [3.8, 4) is 10.6 Å². The van der Waals surface area contributed by atoms with Crippen LogP contribution in [0, 0.1) is 13.8 Å². The number of carbonyl (C=O) groups is 1. The largest absolute Gasteiger partial charge is 0.320 e. The topological polar surface area (TPSA) is 42.0 Å². The highest BCUT2D eigenvalue weighted by atomic mass is 79.9. The number of carbonyl (C=O) groups excluding carboxylic acids is 1. The predicted molar refractivity (Wildman–Crippen MR) is 99.1 cm³/mol. The van der Waals surface area contributed by atoms with Gasteiger partial charge in [0.1, 0.15) is 9.88 Å². The molecule has 0 saturated heterocycles. The molecule has 0 aliphatic heterocycles. The van der Waals surface area contributed by atoms with E-state index in [2.05, 4.69) is 26.2 Å². The maximum atomic E-state index is 12.6. The van der Waals surface area contributed by atoms with Crippen LogP contribution in [0.3, 0.4) is 0 Å². The minimum absolute atomic E-state index is 0.133. The van der Waals surface area contributed by atoms with Crippen molar-refractivity contribution in [1.29, 1.82) is 0 Å². The molecule has 23 heavy (non-hydrogen) atoms. The Hall–Kier alpha value is -1.98. The lowest BCUT2D eigenvalue weighted by Crippen LogP contribution is -2.12. The molecular formula is C18H15BrN2OS. The van der Waals surface area contributed by atoms with Crippen LogP contribution in [0.15, 0.2) is 53.0 Å². The van der Waals surface area contributed by atoms with Crippen LogP contribution in [0.1, 0.15) is 20.9 Å². The highest BCUT2D eigenvalue weighted by Crippen LogP contribution is 2.29. The molecule has 0 saturated carbocycles. The van der Waals surface area contributed by atoms with Crippen LogP contribution in [-0.2, 0) is 0 Å². The molecule has 1 N–H and O–H groups in total. The third kappa shape index (κ3) is 3.51. The van der Waals surface area contributed by atoms with Crippen LogP contribution >= 0.6 is 27.3 Å². The second kappa shape index (κ2) is 6.64. The Morgan fingerprint density at radius 3 is 2.57 bits per heavy atom. The van der Waals surface area contributed by atoms with E-state index in [0.29, 0.717) is 4.88 Å². The molecule has 0 bridgehead atoms. The van der Waals surface area contributed by atoms with Crippen LogP contribution in [0.4, 0.5) is 5.69 Å². The summed E-state index contributed by atoms with van der Waals surface area (Å²) >= 11 is 4.89. The van der Waals surface area contributed by atoms with Crippen molar-refractivity contribution < 1.29 is 4.79 Å². The summed E-state index contributed by atoms with van der Waals surface area (Å²) in [6, 6.07) is 15.7. The van der Waals surface area contributed by atoms with E-state index in [1.807, 2.05) is 62.4 Å². The van der Waals surface area contributed by atoms with Crippen molar-refractivity contribution in [2.45, 2.75) is 13.8 Å². The van der Waals surface area contributed by atoms with E-state index in [1.54, 1.807) is 0 Å². The van der Waals surface area contributed by atoms with Crippen molar-refractivity contribution in [2.24, 2.45) is 0 Å². The van der Waals surface area contributed by atoms with Gasteiger partial charge in [0.2, 0.25) is 0 Å². The van der Waals surface area contributed by atoms with Crippen LogP contribution in [0.25, 0.3) is 10.6 Å². The average Bonchev–Trinajstić information content (AvgIpc) is 2.93. The van der Waals surface area contributed by atoms with Gasteiger partial charge in [0.25, 0.3) is 5.91 Å². The monoisotopic (exact) mass is 386 g/mol. The number of benzene rings is 2. The molecule has 1 amide bonds. The molecule has 0 fully saturated rings. The molecule has 0 aliphatic rings. The third-order valence-electron chi connectivity index (χ3n) is 3.40. The molecule has 0 atom stereocenters. The molecule has 3 rings (SSSR count). The smallest absolute Gasteiger partial charge is 0.267 e. The minimum Gasteiger partial charge on any atom is -0.320 e. The Kier molecular flexibility index (Phi) is 4.59. The van der Waals surface area contributed by atoms with Gasteiger partial charge >= 0.3 is 0 Å². The van der Waals surface area contributed by atoms with Crippen LogP contribution < -0.4 is 5.32 Å². The molecule has 0 aliphatic carbocycles. The standard InChI is InChI=1S/C18H15BrN2OS/c1-11-8-9-15(14(19)10-11)21-17(22)16-12(2)20-18(23-16)13-6-4-3-5-7-13/h3-10H,1-2H3,(H,21,22). The molecule has 2 aromatic carbocycles. The van der Waals surface area contributed by atoms with E-state index in [0.717, 1.165) is 32.0 Å². The normalized spacial score (nSPS) is 10.6. The second-order valence-corrected chi connectivity index (χ2v) is 7.09. The van der Waals surface area contributed by atoms with Gasteiger partial charge in [0.15, 0.2) is 0 Å². The first kappa shape index (κ1) is 15.9. The molecule has 116 valence electrons. The summed E-state index contributed by atoms with van der Waals surface area (Å²) in [6.45, 7) is 3.87. The maximum Gasteiger partial charge on any atom is 0.267 e. The Labute approximate surface area is 147 Å². The summed E-state index contributed by atoms with van der Waals surface area (Å²) in [5, 5.41) is 3.80. The fourth-order valence-electron chi connectivity index (χ4n) is 2.21. The molecule has 1 aromatic heterocycles. The average molecular weight is 387 g/mol. The van der Waals surface area contributed by atoms with Crippen molar-refractivity contribution in [3.63, 3.8) is 0 Å². The zero-order chi connectivity index (χ0) is 16.4. The molecule has 5 heteroatoms. The summed E-state index contributed by atoms with van der Waals surface area (Å²) in [7, 11) is 0. The van der Waals surface area contributed by atoms with Crippen LogP contribution in [0.5, 0.6) is 0 Å². The van der Waals surface area contributed by atoms with E-state index in [1.165, 1.54) is 11.3 Å². The minimum atomic E-state index is -0.133. The summed E-state index contributed by atoms with van der Waals surface area (Å²) in [4.78, 5) is 17.7. The molecule has 3 aromatic rings.